The first-order chi connectivity index (χ1) is 29.0. The molecule has 0 heteroatoms. The zero-order valence-corrected chi connectivity index (χ0v) is 33.0. The van der Waals surface area contributed by atoms with E-state index in [1.165, 1.54) is 131 Å². The van der Waals surface area contributed by atoms with Crippen molar-refractivity contribution < 1.29 is 0 Å². The molecule has 0 saturated heterocycles. The molecular formula is C59H38. The van der Waals surface area contributed by atoms with Crippen LogP contribution in [0.1, 0.15) is 25.0 Å². The number of fused-ring (bicyclic) bond motifs is 3. The fourth-order valence-electron chi connectivity index (χ4n) is 11.0. The smallest absolute Gasteiger partial charge is 0.0159 e. The van der Waals surface area contributed by atoms with Gasteiger partial charge < -0.3 is 0 Å². The summed E-state index contributed by atoms with van der Waals surface area (Å²) in [7, 11) is 0. The van der Waals surface area contributed by atoms with Crippen LogP contribution in [0.3, 0.4) is 0 Å². The predicted molar refractivity (Wildman–Crippen MR) is 253 cm³/mol. The van der Waals surface area contributed by atoms with E-state index in [4.69, 9.17) is 0 Å². The van der Waals surface area contributed by atoms with Crippen molar-refractivity contribution in [2.45, 2.75) is 19.3 Å². The van der Waals surface area contributed by atoms with Crippen LogP contribution in [0.2, 0.25) is 0 Å². The van der Waals surface area contributed by atoms with Gasteiger partial charge in [-0.1, -0.05) is 184 Å². The third kappa shape index (κ3) is 4.55. The van der Waals surface area contributed by atoms with Crippen molar-refractivity contribution in [3.8, 4) is 55.6 Å². The molecule has 13 rings (SSSR count). The molecular weight excluding hydrogens is 709 g/mol. The van der Waals surface area contributed by atoms with Crippen LogP contribution in [0.4, 0.5) is 0 Å². The molecule has 1 aliphatic carbocycles. The van der Waals surface area contributed by atoms with Gasteiger partial charge >= 0.3 is 0 Å². The summed E-state index contributed by atoms with van der Waals surface area (Å²) >= 11 is 0. The largest absolute Gasteiger partial charge is 0.0616 e. The Hall–Kier alpha value is -7.28. The molecule has 0 saturated carbocycles. The van der Waals surface area contributed by atoms with E-state index < -0.39 is 0 Å². The number of hydrogen-bond donors (Lipinski definition) is 0. The van der Waals surface area contributed by atoms with Crippen molar-refractivity contribution in [1.82, 2.24) is 0 Å². The standard InChI is InChI=1S/C59H38/c1-59(2)53-33-39(43-17-3-5-19-45(43)51-31-41-15-7-11-35-23-25-37-13-9-21-49(51)57(37)55(35)41)27-29-47(53)48-30-28-40(34-54(48)59)44-18-4-6-20-46(44)52-32-42-16-8-12-36-24-26-38-14-10-22-50(52)58(38)56(36)42/h3-34H,1-2H3. The Balaban J connectivity index is 0.940. The number of rotatable bonds is 4. The minimum atomic E-state index is -0.185. The molecule has 0 spiro atoms. The normalized spacial score (nSPS) is 13.4. The van der Waals surface area contributed by atoms with Gasteiger partial charge in [-0.25, -0.2) is 0 Å². The second-order valence-corrected chi connectivity index (χ2v) is 17.2. The molecule has 0 aromatic heterocycles. The molecule has 0 atom stereocenters. The highest BCUT2D eigenvalue weighted by Gasteiger charge is 2.36. The molecule has 59 heavy (non-hydrogen) atoms. The van der Waals surface area contributed by atoms with Crippen molar-refractivity contribution in [1.29, 1.82) is 0 Å². The first-order valence-electron chi connectivity index (χ1n) is 20.8. The van der Waals surface area contributed by atoms with Crippen LogP contribution in [0.5, 0.6) is 0 Å². The van der Waals surface area contributed by atoms with E-state index in [2.05, 4.69) is 208 Å². The van der Waals surface area contributed by atoms with Crippen LogP contribution >= 0.6 is 0 Å². The second kappa shape index (κ2) is 11.9. The molecule has 0 bridgehead atoms. The van der Waals surface area contributed by atoms with Crippen LogP contribution in [0, 0.1) is 0 Å². The third-order valence-corrected chi connectivity index (χ3v) is 13.7. The van der Waals surface area contributed by atoms with E-state index in [9.17, 15) is 0 Å². The van der Waals surface area contributed by atoms with Crippen LogP contribution in [-0.2, 0) is 5.41 Å². The summed E-state index contributed by atoms with van der Waals surface area (Å²) in [4.78, 5) is 0. The van der Waals surface area contributed by atoms with Gasteiger partial charge in [-0.15, -0.1) is 0 Å². The number of hydrogen-bond acceptors (Lipinski definition) is 0. The van der Waals surface area contributed by atoms with Crippen LogP contribution in [-0.4, -0.2) is 0 Å². The van der Waals surface area contributed by atoms with Crippen LogP contribution in [0.25, 0.3) is 120 Å². The van der Waals surface area contributed by atoms with Crippen molar-refractivity contribution in [2.24, 2.45) is 0 Å². The first-order valence-corrected chi connectivity index (χ1v) is 20.8. The lowest BCUT2D eigenvalue weighted by molar-refractivity contribution is 0.661. The topological polar surface area (TPSA) is 0 Å². The molecule has 0 radical (unpaired) electrons. The van der Waals surface area contributed by atoms with Gasteiger partial charge in [0.1, 0.15) is 0 Å². The predicted octanol–water partition coefficient (Wildman–Crippen LogP) is 16.5. The van der Waals surface area contributed by atoms with Gasteiger partial charge in [0, 0.05) is 5.41 Å². The third-order valence-electron chi connectivity index (χ3n) is 13.7. The average molecular weight is 747 g/mol. The van der Waals surface area contributed by atoms with Crippen molar-refractivity contribution in [3.05, 3.63) is 205 Å². The van der Waals surface area contributed by atoms with Gasteiger partial charge in [0.25, 0.3) is 0 Å². The van der Waals surface area contributed by atoms with E-state index in [1.807, 2.05) is 0 Å². The van der Waals surface area contributed by atoms with Gasteiger partial charge in [0.2, 0.25) is 0 Å². The number of benzene rings is 12. The zero-order chi connectivity index (χ0) is 39.0. The van der Waals surface area contributed by atoms with Gasteiger partial charge in [-0.05, 0) is 156 Å². The maximum absolute atomic E-state index is 2.48. The quantitative estimate of drug-likeness (QED) is 0.157. The Morgan fingerprint density at radius 3 is 1.07 bits per heavy atom. The Labute approximate surface area is 343 Å². The molecule has 12 aromatic carbocycles. The summed E-state index contributed by atoms with van der Waals surface area (Å²) in [6, 6.07) is 73.2. The van der Waals surface area contributed by atoms with Crippen molar-refractivity contribution >= 4 is 64.6 Å². The van der Waals surface area contributed by atoms with E-state index >= 15 is 0 Å². The maximum Gasteiger partial charge on any atom is 0.0159 e. The highest BCUT2D eigenvalue weighted by atomic mass is 14.4. The summed E-state index contributed by atoms with van der Waals surface area (Å²) in [5, 5.41) is 15.8. The molecule has 0 unspecified atom stereocenters. The van der Waals surface area contributed by atoms with Crippen molar-refractivity contribution in [3.63, 3.8) is 0 Å². The SMILES string of the molecule is CC1(C)c2cc(-c3ccccc3-c3cc4cccc5ccc6cccc3c6c54)ccc2-c2ccc(-c3ccccc3-c3cc4cccc5ccc6cccc3c6c54)cc21. The van der Waals surface area contributed by atoms with Crippen LogP contribution in [0.15, 0.2) is 194 Å². The van der Waals surface area contributed by atoms with Crippen molar-refractivity contribution in [2.75, 3.05) is 0 Å². The first kappa shape index (κ1) is 32.8. The minimum Gasteiger partial charge on any atom is -0.0616 e. The lowest BCUT2D eigenvalue weighted by Gasteiger charge is -2.23. The fourth-order valence-corrected chi connectivity index (χ4v) is 11.0. The Kier molecular flexibility index (Phi) is 6.60. The van der Waals surface area contributed by atoms with Crippen LogP contribution < -0.4 is 0 Å². The van der Waals surface area contributed by atoms with Gasteiger partial charge in [-0.2, -0.15) is 0 Å². The molecule has 0 nitrogen and oxygen atoms in total. The molecule has 12 aromatic rings. The van der Waals surface area contributed by atoms with E-state index in [1.54, 1.807) is 0 Å². The minimum absolute atomic E-state index is 0.185. The molecule has 274 valence electrons. The zero-order valence-electron chi connectivity index (χ0n) is 33.0. The summed E-state index contributed by atoms with van der Waals surface area (Å²) in [6.45, 7) is 4.82. The summed E-state index contributed by atoms with van der Waals surface area (Å²) in [5.41, 5.74) is 15.4. The molecule has 0 heterocycles. The molecule has 0 aliphatic heterocycles. The van der Waals surface area contributed by atoms with Gasteiger partial charge in [-0.3, -0.25) is 0 Å². The average Bonchev–Trinajstić information content (AvgIpc) is 3.51. The second-order valence-electron chi connectivity index (χ2n) is 17.2. The Morgan fingerprint density at radius 2 is 0.627 bits per heavy atom. The van der Waals surface area contributed by atoms with E-state index in [0.29, 0.717) is 0 Å². The molecule has 0 amide bonds. The highest BCUT2D eigenvalue weighted by Crippen LogP contribution is 2.52. The summed E-state index contributed by atoms with van der Waals surface area (Å²) in [6.07, 6.45) is 0. The van der Waals surface area contributed by atoms with Gasteiger partial charge in [0.05, 0.1) is 0 Å². The molecule has 0 N–H and O–H groups in total. The highest BCUT2D eigenvalue weighted by molar-refractivity contribution is 6.28. The molecule has 1 aliphatic rings. The monoisotopic (exact) mass is 746 g/mol. The Morgan fingerprint density at radius 1 is 0.254 bits per heavy atom. The lowest BCUT2D eigenvalue weighted by atomic mass is 9.80. The fraction of sp³-hybridized carbons (Fsp3) is 0.0508. The lowest BCUT2D eigenvalue weighted by Crippen LogP contribution is -2.15. The summed E-state index contributed by atoms with van der Waals surface area (Å²) < 4.78 is 0. The van der Waals surface area contributed by atoms with E-state index in [-0.39, 0.29) is 5.41 Å². The molecule has 0 fully saturated rings. The summed E-state index contributed by atoms with van der Waals surface area (Å²) in [5.74, 6) is 0. The van der Waals surface area contributed by atoms with E-state index in [0.717, 1.165) is 0 Å². The van der Waals surface area contributed by atoms with Gasteiger partial charge in [0.15, 0.2) is 0 Å². The maximum atomic E-state index is 2.48. The Bertz CT molecular complexity index is 3450.